The number of nitrogens with two attached hydrogens (primary N) is 1. The Morgan fingerprint density at radius 3 is 2.18 bits per heavy atom. The van der Waals surface area contributed by atoms with Gasteiger partial charge < -0.3 is 11.1 Å². The van der Waals surface area contributed by atoms with Crippen LogP contribution in [0.1, 0.15) is 19.4 Å². The molecule has 0 aliphatic heterocycles. The average Bonchev–Trinajstić information content (AvgIpc) is 2.83. The number of carbonyl (C=O) groups is 2. The largest absolute Gasteiger partial charge is 0.372 e. The molecule has 174 valence electrons. The number of hydrogen-bond acceptors (Lipinski definition) is 5. The van der Waals surface area contributed by atoms with E-state index in [0.717, 1.165) is 5.56 Å². The van der Waals surface area contributed by atoms with Gasteiger partial charge in [0.25, 0.3) is 0 Å². The fourth-order valence-electron chi connectivity index (χ4n) is 2.99. The minimum atomic E-state index is -3.60. The molecule has 0 aliphatic carbocycles. The van der Waals surface area contributed by atoms with Crippen LogP contribution < -0.4 is 16.0 Å². The lowest BCUT2D eigenvalue weighted by Crippen LogP contribution is -2.41. The topological polar surface area (TPSA) is 122 Å². The normalized spacial score (nSPS) is 10.6. The SMILES string of the molecule is CC(C)CN(C(=O)NCc1cccnc1)c1ccc(S(=O)(=O)c2ccccc2)cc1.NC=O. The number of hydrogen-bond donors (Lipinski definition) is 2. The number of rotatable bonds is 7. The van der Waals surface area contributed by atoms with Crippen molar-refractivity contribution in [2.24, 2.45) is 11.7 Å². The quantitative estimate of drug-likeness (QED) is 0.515. The average molecular weight is 469 g/mol. The number of nitrogens with zero attached hydrogens (tertiary/aromatic N) is 2. The smallest absolute Gasteiger partial charge is 0.322 e. The van der Waals surface area contributed by atoms with Crippen LogP contribution in [0.3, 0.4) is 0 Å². The first kappa shape index (κ1) is 25.5. The number of aromatic nitrogens is 1. The zero-order valence-electron chi connectivity index (χ0n) is 18.6. The number of sulfone groups is 1. The summed E-state index contributed by atoms with van der Waals surface area (Å²) in [5.74, 6) is 0.238. The zero-order chi connectivity index (χ0) is 24.3. The second-order valence-electron chi connectivity index (χ2n) is 7.47. The lowest BCUT2D eigenvalue weighted by Gasteiger charge is -2.25. The summed E-state index contributed by atoms with van der Waals surface area (Å²) >= 11 is 0. The third-order valence-electron chi connectivity index (χ3n) is 4.47. The van der Waals surface area contributed by atoms with Crippen molar-refractivity contribution < 1.29 is 18.0 Å². The van der Waals surface area contributed by atoms with Gasteiger partial charge in [-0.15, -0.1) is 0 Å². The van der Waals surface area contributed by atoms with E-state index < -0.39 is 9.84 Å². The Kier molecular flexibility index (Phi) is 9.56. The zero-order valence-corrected chi connectivity index (χ0v) is 19.4. The molecule has 3 rings (SSSR count). The summed E-state index contributed by atoms with van der Waals surface area (Å²) < 4.78 is 25.6. The van der Waals surface area contributed by atoms with Crippen molar-refractivity contribution in [3.8, 4) is 0 Å². The monoisotopic (exact) mass is 468 g/mol. The van der Waals surface area contributed by atoms with Crippen molar-refractivity contribution in [3.63, 3.8) is 0 Å². The third kappa shape index (κ3) is 7.43. The van der Waals surface area contributed by atoms with Crippen LogP contribution in [0.5, 0.6) is 0 Å². The fraction of sp³-hybridized carbons (Fsp3) is 0.208. The van der Waals surface area contributed by atoms with E-state index in [-0.39, 0.29) is 28.2 Å². The van der Waals surface area contributed by atoms with E-state index >= 15 is 0 Å². The molecular formula is C24H28N4O4S. The molecule has 2 aromatic carbocycles. The van der Waals surface area contributed by atoms with Crippen molar-refractivity contribution in [3.05, 3.63) is 84.7 Å². The van der Waals surface area contributed by atoms with Crippen LogP contribution in [-0.2, 0) is 21.2 Å². The summed E-state index contributed by atoms with van der Waals surface area (Å²) in [4.78, 5) is 27.5. The Labute approximate surface area is 194 Å². The van der Waals surface area contributed by atoms with Crippen molar-refractivity contribution in [1.29, 1.82) is 0 Å². The van der Waals surface area contributed by atoms with E-state index in [1.165, 1.54) is 0 Å². The molecule has 3 amide bonds. The van der Waals surface area contributed by atoms with Gasteiger partial charge in [0.15, 0.2) is 0 Å². The molecule has 0 atom stereocenters. The van der Waals surface area contributed by atoms with Gasteiger partial charge in [0.05, 0.1) is 9.79 Å². The molecule has 0 spiro atoms. The van der Waals surface area contributed by atoms with Crippen LogP contribution in [0.2, 0.25) is 0 Å². The van der Waals surface area contributed by atoms with E-state index in [0.29, 0.717) is 18.8 Å². The van der Waals surface area contributed by atoms with Crippen LogP contribution in [0.4, 0.5) is 10.5 Å². The fourth-order valence-corrected chi connectivity index (χ4v) is 4.27. The molecule has 9 heteroatoms. The molecule has 0 unspecified atom stereocenters. The Balaban J connectivity index is 0.00000122. The molecule has 1 heterocycles. The van der Waals surface area contributed by atoms with Gasteiger partial charge in [0, 0.05) is 31.2 Å². The highest BCUT2D eigenvalue weighted by Crippen LogP contribution is 2.24. The minimum Gasteiger partial charge on any atom is -0.372 e. The highest BCUT2D eigenvalue weighted by Gasteiger charge is 2.20. The lowest BCUT2D eigenvalue weighted by molar-refractivity contribution is -0.106. The van der Waals surface area contributed by atoms with Crippen LogP contribution >= 0.6 is 0 Å². The second kappa shape index (κ2) is 12.4. The van der Waals surface area contributed by atoms with Gasteiger partial charge in [-0.05, 0) is 53.9 Å². The first-order chi connectivity index (χ1) is 15.8. The molecule has 0 saturated heterocycles. The number of nitrogens with one attached hydrogen (secondary N) is 1. The van der Waals surface area contributed by atoms with E-state index in [9.17, 15) is 13.2 Å². The minimum absolute atomic E-state index is 0.192. The molecule has 0 aliphatic rings. The molecule has 0 saturated carbocycles. The van der Waals surface area contributed by atoms with Crippen molar-refractivity contribution >= 4 is 28.0 Å². The van der Waals surface area contributed by atoms with Gasteiger partial charge in [-0.1, -0.05) is 38.1 Å². The molecule has 3 N–H and O–H groups in total. The number of pyridine rings is 1. The summed E-state index contributed by atoms with van der Waals surface area (Å²) in [5, 5.41) is 2.90. The van der Waals surface area contributed by atoms with Crippen molar-refractivity contribution in [2.45, 2.75) is 30.2 Å². The Bertz CT molecular complexity index is 1120. The Morgan fingerprint density at radius 1 is 1.03 bits per heavy atom. The summed E-state index contributed by atoms with van der Waals surface area (Å²) in [7, 11) is -3.60. The first-order valence-electron chi connectivity index (χ1n) is 10.3. The van der Waals surface area contributed by atoms with Gasteiger partial charge >= 0.3 is 6.03 Å². The van der Waals surface area contributed by atoms with E-state index in [1.54, 1.807) is 71.9 Å². The number of amides is 3. The van der Waals surface area contributed by atoms with Crippen molar-refractivity contribution in [1.82, 2.24) is 10.3 Å². The van der Waals surface area contributed by atoms with Crippen LogP contribution in [0, 0.1) is 5.92 Å². The maximum Gasteiger partial charge on any atom is 0.322 e. The maximum absolute atomic E-state index is 12.8. The summed E-state index contributed by atoms with van der Waals surface area (Å²) in [6, 6.07) is 18.2. The number of benzene rings is 2. The van der Waals surface area contributed by atoms with Gasteiger partial charge in [0.2, 0.25) is 16.2 Å². The maximum atomic E-state index is 12.8. The van der Waals surface area contributed by atoms with E-state index in [2.05, 4.69) is 16.0 Å². The first-order valence-corrected chi connectivity index (χ1v) is 11.8. The number of urea groups is 1. The predicted octanol–water partition coefficient (Wildman–Crippen LogP) is 3.39. The lowest BCUT2D eigenvalue weighted by atomic mass is 10.2. The molecule has 0 bridgehead atoms. The van der Waals surface area contributed by atoms with Crippen molar-refractivity contribution in [2.75, 3.05) is 11.4 Å². The molecule has 8 nitrogen and oxygen atoms in total. The Hall–Kier alpha value is -3.72. The van der Waals surface area contributed by atoms with Gasteiger partial charge in [-0.25, -0.2) is 13.2 Å². The number of carbonyl (C=O) groups excluding carboxylic acids is 2. The molecule has 0 fully saturated rings. The highest BCUT2D eigenvalue weighted by atomic mass is 32.2. The summed E-state index contributed by atoms with van der Waals surface area (Å²) in [6.07, 6.45) is 3.64. The van der Waals surface area contributed by atoms with E-state index in [1.807, 2.05) is 26.0 Å². The standard InChI is InChI=1S/C23H25N3O3S.CH3NO/c1-18(2)17-26(23(27)25-16-19-7-6-14-24-15-19)20-10-12-22(13-11-20)30(28,29)21-8-4-3-5-9-21;2-1-3/h3-15,18H,16-17H2,1-2H3,(H,25,27);1H,(H2,2,3). The third-order valence-corrected chi connectivity index (χ3v) is 6.26. The molecule has 3 aromatic rings. The highest BCUT2D eigenvalue weighted by molar-refractivity contribution is 7.91. The predicted molar refractivity (Wildman–Crippen MR) is 127 cm³/mol. The van der Waals surface area contributed by atoms with Gasteiger partial charge in [-0.3, -0.25) is 14.7 Å². The van der Waals surface area contributed by atoms with E-state index in [4.69, 9.17) is 4.79 Å². The van der Waals surface area contributed by atoms with Gasteiger partial charge in [-0.2, -0.15) is 0 Å². The molecule has 0 radical (unpaired) electrons. The summed E-state index contributed by atoms with van der Waals surface area (Å²) in [6.45, 7) is 4.91. The summed E-state index contributed by atoms with van der Waals surface area (Å²) in [5.41, 5.74) is 5.71. The molecule has 33 heavy (non-hydrogen) atoms. The van der Waals surface area contributed by atoms with Crippen LogP contribution in [0.25, 0.3) is 0 Å². The number of anilines is 1. The van der Waals surface area contributed by atoms with Gasteiger partial charge in [0.1, 0.15) is 0 Å². The van der Waals surface area contributed by atoms with Crippen LogP contribution in [-0.4, -0.2) is 32.4 Å². The molecule has 1 aromatic heterocycles. The Morgan fingerprint density at radius 2 is 1.64 bits per heavy atom. The number of primary amides is 1. The molecular weight excluding hydrogens is 440 g/mol. The second-order valence-corrected chi connectivity index (χ2v) is 9.42. The van der Waals surface area contributed by atoms with Crippen LogP contribution in [0.15, 0.2) is 88.9 Å².